The van der Waals surface area contributed by atoms with Gasteiger partial charge in [-0.3, -0.25) is 14.9 Å². The van der Waals surface area contributed by atoms with Gasteiger partial charge >= 0.3 is 0 Å². The van der Waals surface area contributed by atoms with Crippen molar-refractivity contribution < 1.29 is 18.7 Å². The zero-order valence-corrected chi connectivity index (χ0v) is 14.7. The number of carbonyl (C=O) groups excluding carboxylic acids is 2. The number of aryl methyl sites for hydroxylation is 2. The second kappa shape index (κ2) is 6.00. The Morgan fingerprint density at radius 2 is 2.20 bits per heavy atom. The Morgan fingerprint density at radius 1 is 1.36 bits per heavy atom. The molecule has 4 rings (SSSR count). The van der Waals surface area contributed by atoms with Gasteiger partial charge in [0.05, 0.1) is 17.7 Å². The van der Waals surface area contributed by atoms with Gasteiger partial charge in [0.1, 0.15) is 11.3 Å². The lowest BCUT2D eigenvalue weighted by Crippen LogP contribution is -2.12. The fourth-order valence-corrected chi connectivity index (χ4v) is 3.99. The van der Waals surface area contributed by atoms with Crippen molar-refractivity contribution in [2.75, 3.05) is 12.4 Å². The van der Waals surface area contributed by atoms with E-state index < -0.39 is 0 Å². The van der Waals surface area contributed by atoms with Gasteiger partial charge < -0.3 is 9.15 Å². The van der Waals surface area contributed by atoms with Crippen molar-refractivity contribution in [3.8, 4) is 5.75 Å². The number of rotatable bonds is 3. The Hall–Kier alpha value is -2.67. The van der Waals surface area contributed by atoms with Gasteiger partial charge in [-0.15, -0.1) is 0 Å². The summed E-state index contributed by atoms with van der Waals surface area (Å²) >= 11 is 1.23. The Kier molecular flexibility index (Phi) is 3.80. The molecule has 1 aliphatic rings. The number of hydrogen-bond acceptors (Lipinski definition) is 6. The molecule has 2 aromatic heterocycles. The SMILES string of the molecule is COc1ccc2oc(C(=O)Nc3nc4c(s3)C(=O)CCC4)c(C)c2c1. The van der Waals surface area contributed by atoms with E-state index in [9.17, 15) is 9.59 Å². The van der Waals surface area contributed by atoms with Crippen LogP contribution in [0.15, 0.2) is 22.6 Å². The molecule has 0 aliphatic heterocycles. The summed E-state index contributed by atoms with van der Waals surface area (Å²) in [6.07, 6.45) is 2.14. The van der Waals surface area contributed by atoms with Crippen LogP contribution >= 0.6 is 11.3 Å². The summed E-state index contributed by atoms with van der Waals surface area (Å²) in [6.45, 7) is 1.83. The van der Waals surface area contributed by atoms with Gasteiger partial charge in [-0.05, 0) is 38.0 Å². The van der Waals surface area contributed by atoms with E-state index in [4.69, 9.17) is 9.15 Å². The van der Waals surface area contributed by atoms with Gasteiger partial charge in [0, 0.05) is 17.4 Å². The van der Waals surface area contributed by atoms with Crippen molar-refractivity contribution in [3.05, 3.63) is 40.1 Å². The summed E-state index contributed by atoms with van der Waals surface area (Å²) in [7, 11) is 1.59. The minimum atomic E-state index is -0.369. The van der Waals surface area contributed by atoms with Crippen molar-refractivity contribution in [3.63, 3.8) is 0 Å². The van der Waals surface area contributed by atoms with Crippen LogP contribution in [0, 0.1) is 6.92 Å². The minimum absolute atomic E-state index is 0.103. The molecule has 0 bridgehead atoms. The van der Waals surface area contributed by atoms with Crippen molar-refractivity contribution in [1.82, 2.24) is 4.98 Å². The summed E-state index contributed by atoms with van der Waals surface area (Å²) in [6, 6.07) is 5.40. The van der Waals surface area contributed by atoms with Crippen LogP contribution in [0.2, 0.25) is 0 Å². The van der Waals surface area contributed by atoms with Gasteiger partial charge in [-0.25, -0.2) is 4.98 Å². The molecule has 1 aliphatic carbocycles. The van der Waals surface area contributed by atoms with E-state index in [1.54, 1.807) is 19.2 Å². The highest BCUT2D eigenvalue weighted by molar-refractivity contribution is 7.17. The number of fused-ring (bicyclic) bond motifs is 2. The predicted molar refractivity (Wildman–Crippen MR) is 94.8 cm³/mol. The number of thiazole rings is 1. The first-order chi connectivity index (χ1) is 12.1. The normalized spacial score (nSPS) is 13.8. The van der Waals surface area contributed by atoms with Crippen LogP contribution < -0.4 is 10.1 Å². The summed E-state index contributed by atoms with van der Waals surface area (Å²) in [5, 5.41) is 4.02. The molecule has 0 saturated heterocycles. The summed E-state index contributed by atoms with van der Waals surface area (Å²) in [5.74, 6) is 0.676. The molecule has 25 heavy (non-hydrogen) atoms. The molecule has 128 valence electrons. The van der Waals surface area contributed by atoms with E-state index in [1.165, 1.54) is 11.3 Å². The molecular weight excluding hydrogens is 340 g/mol. The maximum atomic E-state index is 12.6. The van der Waals surface area contributed by atoms with Gasteiger partial charge in [0.25, 0.3) is 5.91 Å². The number of nitrogens with zero attached hydrogens (tertiary/aromatic N) is 1. The van der Waals surface area contributed by atoms with Crippen LogP contribution in [-0.2, 0) is 6.42 Å². The Bertz CT molecular complexity index is 1000. The topological polar surface area (TPSA) is 81.4 Å². The molecule has 1 N–H and O–H groups in total. The quantitative estimate of drug-likeness (QED) is 0.768. The second-order valence-electron chi connectivity index (χ2n) is 5.94. The number of benzene rings is 1. The van der Waals surface area contributed by atoms with Crippen molar-refractivity contribution >= 4 is 39.1 Å². The molecule has 0 spiro atoms. The Morgan fingerprint density at radius 3 is 2.96 bits per heavy atom. The fourth-order valence-electron chi connectivity index (χ4n) is 3.02. The van der Waals surface area contributed by atoms with Gasteiger partial charge in [0.2, 0.25) is 0 Å². The standard InChI is InChI=1S/C18H16N2O4S/c1-9-11-8-10(23-2)6-7-14(11)24-15(9)17(22)20-18-19-12-4-3-5-13(21)16(12)25-18/h6-8H,3-5H2,1-2H3,(H,19,20,22). The predicted octanol–water partition coefficient (Wildman–Crippen LogP) is 3.98. The molecule has 0 unspecified atom stereocenters. The monoisotopic (exact) mass is 356 g/mol. The second-order valence-corrected chi connectivity index (χ2v) is 6.94. The maximum Gasteiger partial charge on any atom is 0.293 e. The molecule has 1 aromatic carbocycles. The highest BCUT2D eigenvalue weighted by atomic mass is 32.1. The van der Waals surface area contributed by atoms with E-state index >= 15 is 0 Å². The first-order valence-electron chi connectivity index (χ1n) is 7.98. The number of ketones is 1. The number of anilines is 1. The van der Waals surface area contributed by atoms with E-state index in [0.717, 1.165) is 29.5 Å². The third kappa shape index (κ3) is 2.70. The lowest BCUT2D eigenvalue weighted by Gasteiger charge is -2.05. The molecule has 0 fully saturated rings. The Labute approximate surface area is 147 Å². The molecule has 6 nitrogen and oxygen atoms in total. The van der Waals surface area contributed by atoms with Crippen molar-refractivity contribution in [2.45, 2.75) is 26.2 Å². The van der Waals surface area contributed by atoms with Crippen molar-refractivity contribution in [2.24, 2.45) is 0 Å². The van der Waals surface area contributed by atoms with E-state index in [2.05, 4.69) is 10.3 Å². The van der Waals surface area contributed by atoms with Crippen LogP contribution in [0.5, 0.6) is 5.75 Å². The van der Waals surface area contributed by atoms with Gasteiger partial charge in [-0.2, -0.15) is 0 Å². The fraction of sp³-hybridized carbons (Fsp3) is 0.278. The number of aromatic nitrogens is 1. The first-order valence-corrected chi connectivity index (χ1v) is 8.80. The third-order valence-electron chi connectivity index (χ3n) is 4.34. The molecule has 1 amide bonds. The molecule has 7 heteroatoms. The summed E-state index contributed by atoms with van der Waals surface area (Å²) in [4.78, 5) is 29.6. The van der Waals surface area contributed by atoms with E-state index in [-0.39, 0.29) is 17.5 Å². The highest BCUT2D eigenvalue weighted by Gasteiger charge is 2.24. The average molecular weight is 356 g/mol. The maximum absolute atomic E-state index is 12.6. The number of methoxy groups -OCH3 is 1. The average Bonchev–Trinajstić information content (AvgIpc) is 3.16. The minimum Gasteiger partial charge on any atom is -0.497 e. The van der Waals surface area contributed by atoms with E-state index in [0.29, 0.717) is 27.8 Å². The van der Waals surface area contributed by atoms with Crippen LogP contribution in [0.4, 0.5) is 5.13 Å². The molecular formula is C18H16N2O4S. The lowest BCUT2D eigenvalue weighted by atomic mass is 10.0. The number of hydrogen-bond donors (Lipinski definition) is 1. The smallest absolute Gasteiger partial charge is 0.293 e. The van der Waals surface area contributed by atoms with Crippen LogP contribution in [0.1, 0.15) is 44.3 Å². The summed E-state index contributed by atoms with van der Waals surface area (Å²) in [5.41, 5.74) is 2.14. The largest absolute Gasteiger partial charge is 0.497 e. The number of ether oxygens (including phenoxy) is 1. The first kappa shape index (κ1) is 15.8. The highest BCUT2D eigenvalue weighted by Crippen LogP contribution is 2.32. The van der Waals surface area contributed by atoms with Gasteiger partial charge in [0.15, 0.2) is 16.7 Å². The molecule has 3 aromatic rings. The third-order valence-corrected chi connectivity index (χ3v) is 5.39. The molecule has 0 saturated carbocycles. The zero-order chi connectivity index (χ0) is 17.6. The number of carbonyl (C=O) groups is 2. The van der Waals surface area contributed by atoms with Crippen molar-refractivity contribution in [1.29, 1.82) is 0 Å². The lowest BCUT2D eigenvalue weighted by molar-refractivity contribution is 0.0974. The van der Waals surface area contributed by atoms with Gasteiger partial charge in [-0.1, -0.05) is 11.3 Å². The number of nitrogens with one attached hydrogen (secondary N) is 1. The zero-order valence-electron chi connectivity index (χ0n) is 13.8. The molecule has 2 heterocycles. The summed E-state index contributed by atoms with van der Waals surface area (Å²) < 4.78 is 10.9. The van der Waals surface area contributed by atoms with Crippen LogP contribution in [0.25, 0.3) is 11.0 Å². The van der Waals surface area contributed by atoms with E-state index in [1.807, 2.05) is 13.0 Å². The molecule has 0 atom stereocenters. The Balaban J connectivity index is 1.64. The number of amides is 1. The number of furan rings is 1. The van der Waals surface area contributed by atoms with Crippen LogP contribution in [0.3, 0.4) is 0 Å². The number of Topliss-reactive ketones (excluding diaryl/α,β-unsaturated/α-hetero) is 1. The molecule has 0 radical (unpaired) electrons. The van der Waals surface area contributed by atoms with Crippen LogP contribution in [-0.4, -0.2) is 23.8 Å².